The van der Waals surface area contributed by atoms with E-state index in [9.17, 15) is 4.79 Å². The molecule has 2 aliphatic rings. The van der Waals surface area contributed by atoms with Gasteiger partial charge in [-0.15, -0.1) is 0 Å². The molecular formula is C23H35N3O3. The number of carbonyl (C=O) groups is 1. The van der Waals surface area contributed by atoms with E-state index in [-0.39, 0.29) is 17.3 Å². The van der Waals surface area contributed by atoms with Gasteiger partial charge in [-0.3, -0.25) is 9.79 Å². The van der Waals surface area contributed by atoms with Gasteiger partial charge in [0.2, 0.25) is 0 Å². The number of aliphatic imine (C=N–C) groups is 1. The molecular weight excluding hydrogens is 366 g/mol. The molecule has 2 fully saturated rings. The van der Waals surface area contributed by atoms with E-state index in [2.05, 4.69) is 35.3 Å². The number of carbonyl (C=O) groups excluding carboxylic acids is 1. The van der Waals surface area contributed by atoms with Crippen LogP contribution >= 0.6 is 0 Å². The predicted molar refractivity (Wildman–Crippen MR) is 115 cm³/mol. The van der Waals surface area contributed by atoms with Crippen LogP contribution in [0, 0.1) is 5.92 Å². The molecule has 1 saturated carbocycles. The van der Waals surface area contributed by atoms with E-state index in [4.69, 9.17) is 14.5 Å². The highest BCUT2D eigenvalue weighted by Crippen LogP contribution is 2.45. The van der Waals surface area contributed by atoms with Crippen molar-refractivity contribution in [3.8, 4) is 5.75 Å². The first-order valence-corrected chi connectivity index (χ1v) is 10.9. The van der Waals surface area contributed by atoms with Gasteiger partial charge >= 0.3 is 5.97 Å². The lowest BCUT2D eigenvalue weighted by atomic mass is 9.78. The Morgan fingerprint density at radius 2 is 1.90 bits per heavy atom. The van der Waals surface area contributed by atoms with E-state index < -0.39 is 0 Å². The van der Waals surface area contributed by atoms with Gasteiger partial charge in [-0.1, -0.05) is 31.0 Å². The molecule has 1 heterocycles. The van der Waals surface area contributed by atoms with E-state index in [0.29, 0.717) is 0 Å². The molecule has 1 aromatic rings. The summed E-state index contributed by atoms with van der Waals surface area (Å²) in [7, 11) is 3.22. The highest BCUT2D eigenvalue weighted by Gasteiger charge is 2.38. The Morgan fingerprint density at radius 3 is 2.52 bits per heavy atom. The second kappa shape index (κ2) is 9.99. The Balaban J connectivity index is 1.77. The zero-order valence-corrected chi connectivity index (χ0v) is 18.1. The molecule has 29 heavy (non-hydrogen) atoms. The molecule has 0 radical (unpaired) electrons. The molecule has 1 aliphatic carbocycles. The molecule has 6 heteroatoms. The topological polar surface area (TPSA) is 63.2 Å². The maximum atomic E-state index is 11.8. The van der Waals surface area contributed by atoms with Crippen LogP contribution in [0.15, 0.2) is 29.3 Å². The van der Waals surface area contributed by atoms with Crippen LogP contribution in [0.5, 0.6) is 5.75 Å². The third-order valence-electron chi connectivity index (χ3n) is 6.43. The molecule has 0 atom stereocenters. The van der Waals surface area contributed by atoms with Crippen molar-refractivity contribution < 1.29 is 14.3 Å². The summed E-state index contributed by atoms with van der Waals surface area (Å²) < 4.78 is 10.6. The molecule has 3 rings (SSSR count). The molecule has 0 unspecified atom stereocenters. The molecule has 6 nitrogen and oxygen atoms in total. The summed E-state index contributed by atoms with van der Waals surface area (Å²) in [4.78, 5) is 19.2. The third-order valence-corrected chi connectivity index (χ3v) is 6.43. The van der Waals surface area contributed by atoms with Crippen molar-refractivity contribution in [2.75, 3.05) is 40.4 Å². The molecule has 0 spiro atoms. The van der Waals surface area contributed by atoms with Gasteiger partial charge in [0.1, 0.15) is 5.75 Å². The number of hydrogen-bond donors (Lipinski definition) is 1. The Hall–Kier alpha value is -2.24. The minimum absolute atomic E-state index is 0.00822. The second-order valence-electron chi connectivity index (χ2n) is 8.14. The van der Waals surface area contributed by atoms with Crippen molar-refractivity contribution in [2.24, 2.45) is 10.9 Å². The Morgan fingerprint density at radius 1 is 1.21 bits per heavy atom. The zero-order valence-electron chi connectivity index (χ0n) is 18.1. The molecule has 1 aromatic carbocycles. The Labute approximate surface area is 174 Å². The van der Waals surface area contributed by atoms with Crippen molar-refractivity contribution >= 4 is 11.9 Å². The van der Waals surface area contributed by atoms with Crippen LogP contribution in [-0.4, -0.2) is 57.2 Å². The van der Waals surface area contributed by atoms with Crippen molar-refractivity contribution in [1.82, 2.24) is 10.2 Å². The van der Waals surface area contributed by atoms with Gasteiger partial charge in [0.15, 0.2) is 5.96 Å². The summed E-state index contributed by atoms with van der Waals surface area (Å²) >= 11 is 0. The molecule has 160 valence electrons. The molecule has 1 saturated heterocycles. The maximum absolute atomic E-state index is 11.8. The smallest absolute Gasteiger partial charge is 0.308 e. The summed E-state index contributed by atoms with van der Waals surface area (Å²) in [6.45, 7) is 5.34. The number of methoxy groups -OCH3 is 2. The lowest BCUT2D eigenvalue weighted by Gasteiger charge is -2.34. The zero-order chi connectivity index (χ0) is 20.7. The second-order valence-corrected chi connectivity index (χ2v) is 8.14. The number of guanidine groups is 1. The van der Waals surface area contributed by atoms with Crippen molar-refractivity contribution in [3.05, 3.63) is 29.8 Å². The standard InChI is InChI=1S/C23H35N3O3/c1-4-24-22(26-15-11-18(12-16-26)21(27)29-3)25-17-23(13-7-8-14-23)19-9-5-6-10-20(19)28-2/h5-6,9-10,18H,4,7-8,11-17H2,1-3H3,(H,24,25). The first kappa shape index (κ1) is 21.5. The number of hydrogen-bond acceptors (Lipinski definition) is 4. The summed E-state index contributed by atoms with van der Waals surface area (Å²) in [5.41, 5.74) is 1.32. The number of rotatable bonds is 6. The van der Waals surface area contributed by atoms with Gasteiger partial charge in [-0.05, 0) is 38.7 Å². The van der Waals surface area contributed by atoms with Gasteiger partial charge in [-0.25, -0.2) is 0 Å². The van der Waals surface area contributed by atoms with Crippen LogP contribution in [0.2, 0.25) is 0 Å². The number of para-hydroxylation sites is 1. The summed E-state index contributed by atoms with van der Waals surface area (Å²) in [5.74, 6) is 1.84. The summed E-state index contributed by atoms with van der Waals surface area (Å²) in [6, 6.07) is 8.39. The average molecular weight is 402 g/mol. The number of esters is 1. The first-order chi connectivity index (χ1) is 14.1. The molecule has 0 bridgehead atoms. The van der Waals surface area contributed by atoms with E-state index in [1.807, 2.05) is 6.07 Å². The lowest BCUT2D eigenvalue weighted by molar-refractivity contribution is -0.146. The van der Waals surface area contributed by atoms with Gasteiger partial charge in [0.25, 0.3) is 0 Å². The van der Waals surface area contributed by atoms with Crippen molar-refractivity contribution in [3.63, 3.8) is 0 Å². The fourth-order valence-electron chi connectivity index (χ4n) is 4.79. The van der Waals surface area contributed by atoms with E-state index >= 15 is 0 Å². The first-order valence-electron chi connectivity index (χ1n) is 10.9. The van der Waals surface area contributed by atoms with Crippen LogP contribution in [0.3, 0.4) is 0 Å². The highest BCUT2D eigenvalue weighted by molar-refractivity contribution is 5.80. The number of benzene rings is 1. The van der Waals surface area contributed by atoms with Gasteiger partial charge in [-0.2, -0.15) is 0 Å². The number of nitrogens with one attached hydrogen (secondary N) is 1. The lowest BCUT2D eigenvalue weighted by Crippen LogP contribution is -2.47. The van der Waals surface area contributed by atoms with Crippen LogP contribution in [0.4, 0.5) is 0 Å². The minimum Gasteiger partial charge on any atom is -0.496 e. The average Bonchev–Trinajstić information content (AvgIpc) is 3.26. The molecule has 0 aromatic heterocycles. The fourth-order valence-corrected chi connectivity index (χ4v) is 4.79. The van der Waals surface area contributed by atoms with E-state index in [0.717, 1.165) is 63.6 Å². The normalized spacial score (nSPS) is 19.8. The van der Waals surface area contributed by atoms with Crippen LogP contribution in [-0.2, 0) is 14.9 Å². The minimum atomic E-state index is -0.0901. The number of piperidine rings is 1. The van der Waals surface area contributed by atoms with Gasteiger partial charge < -0.3 is 19.7 Å². The third kappa shape index (κ3) is 4.85. The number of likely N-dealkylation sites (tertiary alicyclic amines) is 1. The quantitative estimate of drug-likeness (QED) is 0.450. The van der Waals surface area contributed by atoms with E-state index in [1.165, 1.54) is 25.5 Å². The highest BCUT2D eigenvalue weighted by atomic mass is 16.5. The van der Waals surface area contributed by atoms with E-state index in [1.54, 1.807) is 7.11 Å². The summed E-state index contributed by atoms with van der Waals surface area (Å²) in [6.07, 6.45) is 6.37. The summed E-state index contributed by atoms with van der Waals surface area (Å²) in [5, 5.41) is 3.46. The fraction of sp³-hybridized carbons (Fsp3) is 0.652. The van der Waals surface area contributed by atoms with Crippen molar-refractivity contribution in [2.45, 2.75) is 50.9 Å². The molecule has 1 aliphatic heterocycles. The van der Waals surface area contributed by atoms with Gasteiger partial charge in [0.05, 0.1) is 26.7 Å². The van der Waals surface area contributed by atoms with Gasteiger partial charge in [0, 0.05) is 30.6 Å². The SMILES string of the molecule is CCNC(=NCC1(c2ccccc2OC)CCCC1)N1CCC(C(=O)OC)CC1. The van der Waals surface area contributed by atoms with Crippen LogP contribution < -0.4 is 10.1 Å². The maximum Gasteiger partial charge on any atom is 0.308 e. The molecule has 1 N–H and O–H groups in total. The van der Waals surface area contributed by atoms with Crippen LogP contribution in [0.1, 0.15) is 51.0 Å². The van der Waals surface area contributed by atoms with Crippen LogP contribution in [0.25, 0.3) is 0 Å². The van der Waals surface area contributed by atoms with Crippen molar-refractivity contribution in [1.29, 1.82) is 0 Å². The monoisotopic (exact) mass is 401 g/mol. The number of nitrogens with zero attached hydrogens (tertiary/aromatic N) is 2. The predicted octanol–water partition coefficient (Wildman–Crippen LogP) is 3.36. The number of ether oxygens (including phenoxy) is 2. The largest absolute Gasteiger partial charge is 0.496 e. The molecule has 0 amide bonds. The Kier molecular flexibility index (Phi) is 7.40. The Bertz CT molecular complexity index is 705.